The molecule has 3 heterocycles. The average molecular weight is 635 g/mol. The molecule has 1 fully saturated rings. The molecular weight excluding hydrogens is 600 g/mol. The highest BCUT2D eigenvalue weighted by atomic mass is 32.2. The van der Waals surface area contributed by atoms with E-state index in [-0.39, 0.29) is 17.7 Å². The number of ether oxygens (including phenoxy) is 1. The molecule has 0 aromatic carbocycles. The molecule has 0 aliphatic carbocycles. The number of nitrogens with zero attached hydrogens (tertiary/aromatic N) is 2. The Bertz CT molecular complexity index is 1420. The summed E-state index contributed by atoms with van der Waals surface area (Å²) >= 11 is 0. The number of aliphatic hydroxyl groups excluding tert-OH is 2. The molecule has 1 saturated heterocycles. The summed E-state index contributed by atoms with van der Waals surface area (Å²) < 4.78 is 80.8. The molecule has 0 radical (unpaired) electrons. The lowest BCUT2D eigenvalue weighted by Gasteiger charge is -2.32. The summed E-state index contributed by atoms with van der Waals surface area (Å²) in [5.74, 6) is 0. The fraction of sp³-hybridized carbons (Fsp3) is 0.682. The van der Waals surface area contributed by atoms with Crippen molar-refractivity contribution in [1.82, 2.24) is 19.9 Å². The van der Waals surface area contributed by atoms with Gasteiger partial charge >= 0.3 is 21.7 Å². The third kappa shape index (κ3) is 8.29. The number of alkyl halides is 3. The van der Waals surface area contributed by atoms with Crippen LogP contribution in [0.5, 0.6) is 0 Å². The summed E-state index contributed by atoms with van der Waals surface area (Å²) in [6.45, 7) is 9.50. The van der Waals surface area contributed by atoms with Crippen LogP contribution >= 0.6 is 7.37 Å². The second-order valence-electron chi connectivity index (χ2n) is 10.1. The van der Waals surface area contributed by atoms with Crippen molar-refractivity contribution in [2.45, 2.75) is 76.4 Å². The fourth-order valence-corrected chi connectivity index (χ4v) is 6.10. The number of halogens is 3. The van der Waals surface area contributed by atoms with Gasteiger partial charge in [-0.05, 0) is 34.1 Å². The number of aromatic amines is 2. The van der Waals surface area contributed by atoms with Crippen LogP contribution in [-0.4, -0.2) is 93.6 Å². The molecule has 3 rings (SSSR count). The lowest BCUT2D eigenvalue weighted by molar-refractivity contribution is -0.0532. The Labute approximate surface area is 233 Å². The van der Waals surface area contributed by atoms with E-state index in [1.165, 1.54) is 24.3 Å². The minimum absolute atomic E-state index is 0.0107. The molecule has 1 aliphatic rings. The molecule has 0 bridgehead atoms. The molecule has 2 aromatic heterocycles. The summed E-state index contributed by atoms with van der Waals surface area (Å²) in [6.07, 6.45) is -0.897. The third-order valence-corrected chi connectivity index (χ3v) is 8.26. The van der Waals surface area contributed by atoms with Crippen LogP contribution in [0.4, 0.5) is 18.0 Å². The van der Waals surface area contributed by atoms with Crippen LogP contribution in [0.15, 0.2) is 17.3 Å². The Morgan fingerprint density at radius 2 is 1.78 bits per heavy atom. The van der Waals surface area contributed by atoms with Gasteiger partial charge in [0.2, 0.25) is 7.37 Å². The molecule has 14 nitrogen and oxygen atoms in total. The SMILES string of the molecule is CCOP(C)(=O)COS(=O)(=O)C(F)(F)F.CC[C@@H]1[C@@H](O)[C@@H](O)[C@@H](c2c[nH]c3c(=O)[nH]cnc23)N1C(=O)OC(C)(C)C. The van der Waals surface area contributed by atoms with Crippen LogP contribution in [0.1, 0.15) is 52.6 Å². The molecule has 5 atom stereocenters. The third-order valence-electron chi connectivity index (χ3n) is 5.69. The highest BCUT2D eigenvalue weighted by Crippen LogP contribution is 2.43. The van der Waals surface area contributed by atoms with Gasteiger partial charge in [0.25, 0.3) is 5.56 Å². The van der Waals surface area contributed by atoms with Crippen molar-refractivity contribution < 1.29 is 54.6 Å². The molecule has 234 valence electrons. The summed E-state index contributed by atoms with van der Waals surface area (Å²) in [7, 11) is -9.16. The monoisotopic (exact) mass is 634 g/mol. The predicted octanol–water partition coefficient (Wildman–Crippen LogP) is 2.80. The van der Waals surface area contributed by atoms with Gasteiger partial charge in [0.15, 0.2) is 0 Å². The summed E-state index contributed by atoms with van der Waals surface area (Å²) in [5, 5.41) is 21.1. The van der Waals surface area contributed by atoms with Crippen LogP contribution in [0.2, 0.25) is 0 Å². The molecule has 1 amide bonds. The van der Waals surface area contributed by atoms with Gasteiger partial charge in [-0.25, -0.2) is 9.78 Å². The van der Waals surface area contributed by atoms with Crippen molar-refractivity contribution in [2.24, 2.45) is 0 Å². The van der Waals surface area contributed by atoms with Gasteiger partial charge in [-0.15, -0.1) is 0 Å². The Morgan fingerprint density at radius 1 is 1.17 bits per heavy atom. The van der Waals surface area contributed by atoms with Gasteiger partial charge in [0.05, 0.1) is 25.0 Å². The lowest BCUT2D eigenvalue weighted by Crippen LogP contribution is -2.43. The number of hydrogen-bond acceptors (Lipinski definition) is 11. The van der Waals surface area contributed by atoms with Gasteiger partial charge in [0.1, 0.15) is 35.2 Å². The predicted molar refractivity (Wildman–Crippen MR) is 140 cm³/mol. The Kier molecular flexibility index (Phi) is 10.8. The number of likely N-dealkylation sites (tertiary alicyclic amines) is 1. The van der Waals surface area contributed by atoms with E-state index >= 15 is 0 Å². The van der Waals surface area contributed by atoms with E-state index < -0.39 is 65.3 Å². The first kappa shape index (κ1) is 34.7. The normalized spacial score (nSPS) is 23.1. The summed E-state index contributed by atoms with van der Waals surface area (Å²) in [5.41, 5.74) is -5.55. The number of rotatable bonds is 7. The zero-order valence-corrected chi connectivity index (χ0v) is 24.8. The number of carbonyl (C=O) groups is 1. The van der Waals surface area contributed by atoms with Crippen LogP contribution < -0.4 is 5.56 Å². The largest absolute Gasteiger partial charge is 0.523 e. The maximum absolute atomic E-state index is 12.8. The van der Waals surface area contributed by atoms with Crippen molar-refractivity contribution in [3.8, 4) is 0 Å². The van der Waals surface area contributed by atoms with Gasteiger partial charge in [0, 0.05) is 18.4 Å². The molecule has 19 heteroatoms. The van der Waals surface area contributed by atoms with Crippen molar-refractivity contribution >= 4 is 34.6 Å². The average Bonchev–Trinajstić information content (AvgIpc) is 3.36. The van der Waals surface area contributed by atoms with E-state index in [4.69, 9.17) is 4.74 Å². The first-order valence-corrected chi connectivity index (χ1v) is 15.9. The minimum atomic E-state index is -5.70. The van der Waals surface area contributed by atoms with Crippen LogP contribution in [0.3, 0.4) is 0 Å². The second kappa shape index (κ2) is 12.8. The number of amides is 1. The fourth-order valence-electron chi connectivity index (χ4n) is 4.02. The molecule has 0 saturated carbocycles. The Hall–Kier alpha value is -2.50. The van der Waals surface area contributed by atoms with E-state index in [0.717, 1.165) is 6.66 Å². The van der Waals surface area contributed by atoms with Gasteiger partial charge in [-0.3, -0.25) is 18.4 Å². The smallest absolute Gasteiger partial charge is 0.444 e. The number of aromatic nitrogens is 3. The number of aliphatic hydroxyl groups is 2. The van der Waals surface area contributed by atoms with Gasteiger partial charge < -0.3 is 29.4 Å². The minimum Gasteiger partial charge on any atom is -0.444 e. The molecule has 2 aromatic rings. The Balaban J connectivity index is 0.000000337. The standard InChI is InChI=1S/C17H24N4O5.C5H10F3O5PS/c1-5-9-13(22)14(23)12(21(9)16(25)26-17(2,3)4)8-6-18-11-10(8)19-7-20-15(11)24;1-3-12-14(2,9)4-13-15(10,11)5(6,7)8/h6-7,9,12-14,18,22-23H,5H2,1-4H3,(H,19,20,24);3-4H2,1-2H3/t9-,12-,13-,14+;/m1./s1. The number of carbonyl (C=O) groups excluding carboxylic acids is 1. The molecule has 0 spiro atoms. The van der Waals surface area contributed by atoms with E-state index in [9.17, 15) is 46.0 Å². The molecule has 41 heavy (non-hydrogen) atoms. The van der Waals surface area contributed by atoms with E-state index in [0.29, 0.717) is 17.5 Å². The summed E-state index contributed by atoms with van der Waals surface area (Å²) in [4.78, 5) is 35.6. The van der Waals surface area contributed by atoms with E-state index in [1.807, 2.05) is 6.92 Å². The second-order valence-corrected chi connectivity index (χ2v) is 14.2. The maximum atomic E-state index is 12.8. The number of hydrogen-bond donors (Lipinski definition) is 4. The van der Waals surface area contributed by atoms with E-state index in [1.54, 1.807) is 20.8 Å². The molecule has 1 unspecified atom stereocenters. The van der Waals surface area contributed by atoms with Crippen LogP contribution in [-0.2, 0) is 28.1 Å². The highest BCUT2D eigenvalue weighted by molar-refractivity contribution is 7.87. The van der Waals surface area contributed by atoms with Gasteiger partial charge in [-0.2, -0.15) is 21.6 Å². The zero-order chi connectivity index (χ0) is 31.6. The van der Waals surface area contributed by atoms with Gasteiger partial charge in [-0.1, -0.05) is 6.92 Å². The van der Waals surface area contributed by atoms with Crippen molar-refractivity contribution in [3.63, 3.8) is 0 Å². The van der Waals surface area contributed by atoms with Crippen molar-refractivity contribution in [2.75, 3.05) is 19.6 Å². The topological polar surface area (TPSA) is 201 Å². The molecular formula is C22H34F3N4O10PS. The van der Waals surface area contributed by atoms with E-state index in [2.05, 4.69) is 23.7 Å². The maximum Gasteiger partial charge on any atom is 0.523 e. The molecule has 4 N–H and O–H groups in total. The quantitative estimate of drug-likeness (QED) is 0.198. The first-order chi connectivity index (χ1) is 18.7. The highest BCUT2D eigenvalue weighted by Gasteiger charge is 2.52. The number of nitrogens with one attached hydrogen (secondary N) is 2. The Morgan fingerprint density at radius 3 is 2.29 bits per heavy atom. The zero-order valence-electron chi connectivity index (χ0n) is 23.1. The lowest BCUT2D eigenvalue weighted by atomic mass is 10.0. The van der Waals surface area contributed by atoms with Crippen LogP contribution in [0.25, 0.3) is 11.0 Å². The van der Waals surface area contributed by atoms with Crippen LogP contribution in [0, 0.1) is 0 Å². The number of H-pyrrole nitrogens is 2. The van der Waals surface area contributed by atoms with Crippen molar-refractivity contribution in [1.29, 1.82) is 0 Å². The molecule has 1 aliphatic heterocycles. The van der Waals surface area contributed by atoms with Crippen molar-refractivity contribution in [3.05, 3.63) is 28.4 Å². The first-order valence-electron chi connectivity index (χ1n) is 12.3. The number of fused-ring (bicyclic) bond motifs is 1. The summed E-state index contributed by atoms with van der Waals surface area (Å²) in [6, 6.07) is -1.50.